The van der Waals surface area contributed by atoms with Crippen molar-refractivity contribution in [3.8, 4) is 6.01 Å². The van der Waals surface area contributed by atoms with Crippen LogP contribution in [0.5, 0.6) is 6.01 Å². The van der Waals surface area contributed by atoms with E-state index >= 15 is 0 Å². The molecule has 1 unspecified atom stereocenters. The van der Waals surface area contributed by atoms with Crippen molar-refractivity contribution in [2.45, 2.75) is 31.8 Å². The molecule has 0 saturated carbocycles. The molecule has 2 aliphatic rings. The zero-order valence-electron chi connectivity index (χ0n) is 13.0. The van der Waals surface area contributed by atoms with Gasteiger partial charge < -0.3 is 9.64 Å². The first-order valence-electron chi connectivity index (χ1n) is 7.78. The van der Waals surface area contributed by atoms with Crippen LogP contribution in [0.25, 0.3) is 0 Å². The first kappa shape index (κ1) is 16.6. The molecule has 3 amide bonds. The molecule has 8 nitrogen and oxygen atoms in total. The molecule has 0 aromatic carbocycles. The molecule has 0 aliphatic carbocycles. The molecule has 24 heavy (non-hydrogen) atoms. The summed E-state index contributed by atoms with van der Waals surface area (Å²) in [6.45, 7) is 0.763. The Bertz CT molecular complexity index is 635. The second-order valence-electron chi connectivity index (χ2n) is 5.78. The molecule has 3 heterocycles. The van der Waals surface area contributed by atoms with Crippen LogP contribution in [0.4, 0.5) is 0 Å². The fraction of sp³-hybridized carbons (Fsp3) is 0.533. The standard InChI is InChI=1S/C15H17ClN4O4/c16-10-6-17-15(18-7-10)24-11-2-1-5-19(8-11)14(23)9-20-12(21)3-4-13(20)22/h6-7,11H,1-5,8-9H2. The lowest BCUT2D eigenvalue weighted by Gasteiger charge is -2.33. The Morgan fingerprint density at radius 2 is 1.92 bits per heavy atom. The van der Waals surface area contributed by atoms with E-state index in [2.05, 4.69) is 9.97 Å². The van der Waals surface area contributed by atoms with E-state index in [9.17, 15) is 14.4 Å². The normalized spacial score (nSPS) is 21.3. The summed E-state index contributed by atoms with van der Waals surface area (Å²) in [5.74, 6) is -0.815. The maximum atomic E-state index is 12.4. The number of halogens is 1. The molecule has 0 radical (unpaired) electrons. The van der Waals surface area contributed by atoms with Crippen molar-refractivity contribution in [1.29, 1.82) is 0 Å². The Labute approximate surface area is 143 Å². The summed E-state index contributed by atoms with van der Waals surface area (Å²) >= 11 is 5.73. The predicted octanol–water partition coefficient (Wildman–Crippen LogP) is 0.649. The zero-order valence-corrected chi connectivity index (χ0v) is 13.7. The summed E-state index contributed by atoms with van der Waals surface area (Å²) < 4.78 is 5.68. The third-order valence-electron chi connectivity index (χ3n) is 4.05. The van der Waals surface area contributed by atoms with Crippen LogP contribution in [0.15, 0.2) is 12.4 Å². The number of ether oxygens (including phenoxy) is 1. The summed E-state index contributed by atoms with van der Waals surface area (Å²) in [4.78, 5) is 46.2. The van der Waals surface area contributed by atoms with Gasteiger partial charge >= 0.3 is 6.01 Å². The summed E-state index contributed by atoms with van der Waals surface area (Å²) in [7, 11) is 0. The van der Waals surface area contributed by atoms with Gasteiger partial charge in [0.25, 0.3) is 0 Å². The van der Waals surface area contributed by atoms with Crippen molar-refractivity contribution >= 4 is 29.3 Å². The quantitative estimate of drug-likeness (QED) is 0.739. The van der Waals surface area contributed by atoms with E-state index in [1.54, 1.807) is 4.90 Å². The second-order valence-corrected chi connectivity index (χ2v) is 6.22. The predicted molar refractivity (Wildman–Crippen MR) is 83.2 cm³/mol. The van der Waals surface area contributed by atoms with Crippen molar-refractivity contribution in [2.24, 2.45) is 0 Å². The van der Waals surface area contributed by atoms with E-state index in [1.165, 1.54) is 12.4 Å². The third kappa shape index (κ3) is 3.81. The lowest BCUT2D eigenvalue weighted by Crippen LogP contribution is -2.49. The number of carbonyl (C=O) groups excluding carboxylic acids is 3. The van der Waals surface area contributed by atoms with Crippen molar-refractivity contribution < 1.29 is 19.1 Å². The molecular formula is C15H17ClN4O4. The van der Waals surface area contributed by atoms with Gasteiger partial charge in [-0.1, -0.05) is 11.6 Å². The molecule has 1 atom stereocenters. The zero-order chi connectivity index (χ0) is 17.1. The van der Waals surface area contributed by atoms with E-state index in [-0.39, 0.29) is 49.2 Å². The molecule has 0 spiro atoms. The van der Waals surface area contributed by atoms with Crippen LogP contribution >= 0.6 is 11.6 Å². The fourth-order valence-electron chi connectivity index (χ4n) is 2.81. The Hall–Kier alpha value is -2.22. The van der Waals surface area contributed by atoms with Crippen LogP contribution < -0.4 is 4.74 Å². The third-order valence-corrected chi connectivity index (χ3v) is 4.24. The van der Waals surface area contributed by atoms with Crippen molar-refractivity contribution in [3.05, 3.63) is 17.4 Å². The number of aromatic nitrogens is 2. The van der Waals surface area contributed by atoms with E-state index in [0.29, 0.717) is 18.1 Å². The SMILES string of the molecule is O=C(CN1C(=O)CCC1=O)N1CCCC(Oc2ncc(Cl)cn2)C1. The molecule has 1 aromatic rings. The second kappa shape index (κ2) is 7.12. The van der Waals surface area contributed by atoms with Gasteiger partial charge in [0.05, 0.1) is 24.0 Å². The summed E-state index contributed by atoms with van der Waals surface area (Å²) in [6.07, 6.45) is 4.58. The van der Waals surface area contributed by atoms with Crippen LogP contribution in [-0.2, 0) is 14.4 Å². The van der Waals surface area contributed by atoms with Crippen LogP contribution in [0, 0.1) is 0 Å². The number of nitrogens with zero attached hydrogens (tertiary/aromatic N) is 4. The molecular weight excluding hydrogens is 336 g/mol. The number of amides is 3. The topological polar surface area (TPSA) is 92.7 Å². The first-order chi connectivity index (χ1) is 11.5. The summed E-state index contributed by atoms with van der Waals surface area (Å²) in [6, 6.07) is 0.212. The monoisotopic (exact) mass is 352 g/mol. The Balaban J connectivity index is 1.56. The highest BCUT2D eigenvalue weighted by Crippen LogP contribution is 2.18. The molecule has 3 rings (SSSR count). The van der Waals surface area contributed by atoms with Crippen molar-refractivity contribution in [1.82, 2.24) is 19.8 Å². The molecule has 0 N–H and O–H groups in total. The number of likely N-dealkylation sites (tertiary alicyclic amines) is 2. The van der Waals surface area contributed by atoms with Crippen LogP contribution in [0.3, 0.4) is 0 Å². The minimum absolute atomic E-state index is 0.186. The minimum atomic E-state index is -0.285. The Morgan fingerprint density at radius 1 is 1.25 bits per heavy atom. The van der Waals surface area contributed by atoms with Crippen molar-refractivity contribution in [2.75, 3.05) is 19.6 Å². The fourth-order valence-corrected chi connectivity index (χ4v) is 2.90. The molecule has 1 aromatic heterocycles. The molecule has 0 bridgehead atoms. The summed E-state index contributed by atoms with van der Waals surface area (Å²) in [5, 5.41) is 0.419. The highest BCUT2D eigenvalue weighted by Gasteiger charge is 2.33. The van der Waals surface area contributed by atoms with Gasteiger partial charge in [-0.3, -0.25) is 19.3 Å². The Morgan fingerprint density at radius 3 is 2.58 bits per heavy atom. The number of imide groups is 1. The number of carbonyl (C=O) groups is 3. The Kier molecular flexibility index (Phi) is 4.94. The van der Waals surface area contributed by atoms with E-state index in [0.717, 1.165) is 17.7 Å². The molecule has 2 fully saturated rings. The number of rotatable bonds is 4. The molecule has 9 heteroatoms. The minimum Gasteiger partial charge on any atom is -0.458 e. The maximum Gasteiger partial charge on any atom is 0.316 e. The van der Waals surface area contributed by atoms with Gasteiger partial charge in [-0.25, -0.2) is 9.97 Å². The van der Waals surface area contributed by atoms with E-state index < -0.39 is 0 Å². The number of hydrogen-bond acceptors (Lipinski definition) is 6. The largest absolute Gasteiger partial charge is 0.458 e. The van der Waals surface area contributed by atoms with Gasteiger partial charge in [-0.05, 0) is 12.8 Å². The highest BCUT2D eigenvalue weighted by atomic mass is 35.5. The smallest absolute Gasteiger partial charge is 0.316 e. The van der Waals surface area contributed by atoms with Gasteiger partial charge in [-0.2, -0.15) is 0 Å². The van der Waals surface area contributed by atoms with Gasteiger partial charge in [0.15, 0.2) is 0 Å². The van der Waals surface area contributed by atoms with Crippen LogP contribution in [-0.4, -0.2) is 63.2 Å². The van der Waals surface area contributed by atoms with Crippen LogP contribution in [0.1, 0.15) is 25.7 Å². The van der Waals surface area contributed by atoms with E-state index in [1.807, 2.05) is 0 Å². The van der Waals surface area contributed by atoms with E-state index in [4.69, 9.17) is 16.3 Å². The van der Waals surface area contributed by atoms with Gasteiger partial charge in [0, 0.05) is 19.4 Å². The summed E-state index contributed by atoms with van der Waals surface area (Å²) in [5.41, 5.74) is 0. The lowest BCUT2D eigenvalue weighted by atomic mass is 10.1. The number of piperidine rings is 1. The van der Waals surface area contributed by atoms with Crippen LogP contribution in [0.2, 0.25) is 5.02 Å². The van der Waals surface area contributed by atoms with Gasteiger partial charge in [0.2, 0.25) is 17.7 Å². The first-order valence-corrected chi connectivity index (χ1v) is 8.16. The number of hydrogen-bond donors (Lipinski definition) is 0. The molecule has 2 aliphatic heterocycles. The van der Waals surface area contributed by atoms with Gasteiger partial charge in [-0.15, -0.1) is 0 Å². The average molecular weight is 353 g/mol. The molecule has 2 saturated heterocycles. The van der Waals surface area contributed by atoms with Crippen molar-refractivity contribution in [3.63, 3.8) is 0 Å². The van der Waals surface area contributed by atoms with Gasteiger partial charge in [0.1, 0.15) is 12.6 Å². The molecule has 128 valence electrons. The average Bonchev–Trinajstić information content (AvgIpc) is 2.89. The lowest BCUT2D eigenvalue weighted by molar-refractivity contribution is -0.146. The highest BCUT2D eigenvalue weighted by molar-refractivity contribution is 6.30. The maximum absolute atomic E-state index is 12.4.